The molecule has 4 nitrogen and oxygen atoms in total. The van der Waals surface area contributed by atoms with Gasteiger partial charge >= 0.3 is 0 Å². The highest BCUT2D eigenvalue weighted by Gasteiger charge is 2.16. The van der Waals surface area contributed by atoms with Crippen molar-refractivity contribution in [2.45, 2.75) is 17.1 Å². The molecule has 122 valence electrons. The Kier molecular flexibility index (Phi) is 5.43. The highest BCUT2D eigenvalue weighted by molar-refractivity contribution is 8.00. The van der Waals surface area contributed by atoms with Crippen LogP contribution in [-0.4, -0.2) is 25.7 Å². The van der Waals surface area contributed by atoms with Crippen molar-refractivity contribution in [2.75, 3.05) is 11.0 Å². The number of nitrogens with one attached hydrogen (secondary N) is 1. The van der Waals surface area contributed by atoms with E-state index in [-0.39, 0.29) is 16.9 Å². The van der Waals surface area contributed by atoms with Crippen molar-refractivity contribution in [3.8, 4) is 0 Å². The lowest BCUT2D eigenvalue weighted by Crippen LogP contribution is -2.14. The van der Waals surface area contributed by atoms with Crippen molar-refractivity contribution < 1.29 is 17.6 Å². The van der Waals surface area contributed by atoms with Crippen molar-refractivity contribution in [1.29, 1.82) is 0 Å². The predicted octanol–water partition coefficient (Wildman–Crippen LogP) is 3.56. The van der Waals surface area contributed by atoms with Crippen LogP contribution in [0.25, 0.3) is 0 Å². The van der Waals surface area contributed by atoms with Crippen LogP contribution in [0.2, 0.25) is 0 Å². The standard InChI is InChI=1S/C16H16FNO3S2/c1-11(22-15-9-5-13(17)6-10-15)16(19)12-3-7-14(8-4-12)18-23(2,20)21/h3-11,18H,1-2H3/t11-/m1/s1. The lowest BCUT2D eigenvalue weighted by Gasteiger charge is -2.11. The number of ketones is 1. The minimum absolute atomic E-state index is 0.0785. The summed E-state index contributed by atoms with van der Waals surface area (Å²) >= 11 is 1.34. The molecule has 0 unspecified atom stereocenters. The summed E-state index contributed by atoms with van der Waals surface area (Å²) in [6, 6.07) is 12.2. The normalized spacial score (nSPS) is 12.7. The predicted molar refractivity (Wildman–Crippen MR) is 91.0 cm³/mol. The molecule has 0 bridgehead atoms. The van der Waals surface area contributed by atoms with E-state index in [9.17, 15) is 17.6 Å². The average molecular weight is 353 g/mol. The van der Waals surface area contributed by atoms with Crippen LogP contribution in [0, 0.1) is 5.82 Å². The monoisotopic (exact) mass is 353 g/mol. The molecule has 1 atom stereocenters. The summed E-state index contributed by atoms with van der Waals surface area (Å²) < 4.78 is 37.5. The van der Waals surface area contributed by atoms with E-state index >= 15 is 0 Å². The second-order valence-corrected chi connectivity index (χ2v) is 8.19. The summed E-state index contributed by atoms with van der Waals surface area (Å²) in [6.07, 6.45) is 1.06. The molecule has 0 spiro atoms. The number of carbonyl (C=O) groups excluding carboxylic acids is 1. The number of anilines is 1. The maximum Gasteiger partial charge on any atom is 0.229 e. The molecule has 23 heavy (non-hydrogen) atoms. The average Bonchev–Trinajstić information content (AvgIpc) is 2.48. The van der Waals surface area contributed by atoms with E-state index in [4.69, 9.17) is 0 Å². The van der Waals surface area contributed by atoms with Crippen molar-refractivity contribution in [2.24, 2.45) is 0 Å². The summed E-state index contributed by atoms with van der Waals surface area (Å²) in [4.78, 5) is 13.2. The molecule has 7 heteroatoms. The molecule has 0 aromatic heterocycles. The Morgan fingerprint density at radius 3 is 2.17 bits per heavy atom. The maximum absolute atomic E-state index is 12.9. The Morgan fingerprint density at radius 2 is 1.65 bits per heavy atom. The highest BCUT2D eigenvalue weighted by Crippen LogP contribution is 2.26. The zero-order valence-electron chi connectivity index (χ0n) is 12.6. The molecule has 0 saturated heterocycles. The Balaban J connectivity index is 2.05. The van der Waals surface area contributed by atoms with E-state index in [0.717, 1.165) is 11.2 Å². The third-order valence-electron chi connectivity index (χ3n) is 2.97. The topological polar surface area (TPSA) is 63.2 Å². The van der Waals surface area contributed by atoms with Crippen LogP contribution in [0.3, 0.4) is 0 Å². The third-order valence-corrected chi connectivity index (χ3v) is 4.69. The van der Waals surface area contributed by atoms with Crippen LogP contribution < -0.4 is 4.72 Å². The second-order valence-electron chi connectivity index (χ2n) is 5.03. The summed E-state index contributed by atoms with van der Waals surface area (Å²) in [7, 11) is -3.34. The van der Waals surface area contributed by atoms with Crippen LogP contribution in [0.4, 0.5) is 10.1 Å². The van der Waals surface area contributed by atoms with Crippen molar-refractivity contribution in [1.82, 2.24) is 0 Å². The molecule has 2 aromatic carbocycles. The van der Waals surface area contributed by atoms with Gasteiger partial charge in [-0.3, -0.25) is 9.52 Å². The molecule has 1 N–H and O–H groups in total. The smallest absolute Gasteiger partial charge is 0.229 e. The fourth-order valence-electron chi connectivity index (χ4n) is 1.92. The fourth-order valence-corrected chi connectivity index (χ4v) is 3.43. The van der Waals surface area contributed by atoms with E-state index in [2.05, 4.69) is 4.72 Å². The van der Waals surface area contributed by atoms with Gasteiger partial charge in [0.25, 0.3) is 0 Å². The summed E-state index contributed by atoms with van der Waals surface area (Å²) in [5.74, 6) is -0.396. The van der Waals surface area contributed by atoms with Crippen LogP contribution >= 0.6 is 11.8 Å². The first-order valence-corrected chi connectivity index (χ1v) is 9.56. The van der Waals surface area contributed by atoms with Gasteiger partial charge in [-0.05, 0) is 55.5 Å². The third kappa shape index (κ3) is 5.37. The lowest BCUT2D eigenvalue weighted by atomic mass is 10.1. The zero-order valence-corrected chi connectivity index (χ0v) is 14.2. The van der Waals surface area contributed by atoms with Crippen LogP contribution in [0.15, 0.2) is 53.4 Å². The molecule has 0 fully saturated rings. The van der Waals surface area contributed by atoms with E-state index in [1.54, 1.807) is 43.3 Å². The first kappa shape index (κ1) is 17.5. The molecule has 0 aliphatic carbocycles. The van der Waals surface area contributed by atoms with Crippen LogP contribution in [-0.2, 0) is 10.0 Å². The number of Topliss-reactive ketones (excluding diaryl/α,β-unsaturated/α-hetero) is 1. The Labute approximate surface area is 139 Å². The van der Waals surface area contributed by atoms with E-state index < -0.39 is 10.0 Å². The Morgan fingerprint density at radius 1 is 1.09 bits per heavy atom. The van der Waals surface area contributed by atoms with Gasteiger partial charge in [0.05, 0.1) is 11.5 Å². The molecule has 2 aromatic rings. The van der Waals surface area contributed by atoms with Gasteiger partial charge in [0.2, 0.25) is 10.0 Å². The largest absolute Gasteiger partial charge is 0.293 e. The van der Waals surface area contributed by atoms with Gasteiger partial charge < -0.3 is 0 Å². The number of hydrogen-bond acceptors (Lipinski definition) is 4. The van der Waals surface area contributed by atoms with E-state index in [1.807, 2.05) is 0 Å². The first-order chi connectivity index (χ1) is 10.7. The molecular weight excluding hydrogens is 337 g/mol. The van der Waals surface area contributed by atoms with Gasteiger partial charge in [-0.2, -0.15) is 0 Å². The quantitative estimate of drug-likeness (QED) is 0.637. The van der Waals surface area contributed by atoms with Crippen molar-refractivity contribution in [3.63, 3.8) is 0 Å². The lowest BCUT2D eigenvalue weighted by molar-refractivity contribution is 0.0994. The molecule has 0 amide bonds. The van der Waals surface area contributed by atoms with Gasteiger partial charge in [0.1, 0.15) is 5.82 Å². The van der Waals surface area contributed by atoms with Gasteiger partial charge in [0, 0.05) is 16.1 Å². The molecule has 0 radical (unpaired) electrons. The molecular formula is C16H16FNO3S2. The van der Waals surface area contributed by atoms with E-state index in [0.29, 0.717) is 11.3 Å². The van der Waals surface area contributed by atoms with Gasteiger partial charge in [-0.1, -0.05) is 0 Å². The molecule has 0 heterocycles. The number of halogens is 1. The van der Waals surface area contributed by atoms with Crippen molar-refractivity contribution in [3.05, 3.63) is 59.9 Å². The van der Waals surface area contributed by atoms with Gasteiger partial charge in [-0.15, -0.1) is 11.8 Å². The highest BCUT2D eigenvalue weighted by atomic mass is 32.2. The van der Waals surface area contributed by atoms with Gasteiger partial charge in [0.15, 0.2) is 5.78 Å². The fraction of sp³-hybridized carbons (Fsp3) is 0.188. The number of thioether (sulfide) groups is 1. The summed E-state index contributed by atoms with van der Waals surface area (Å²) in [6.45, 7) is 1.78. The van der Waals surface area contributed by atoms with E-state index in [1.165, 1.54) is 23.9 Å². The maximum atomic E-state index is 12.9. The Bertz CT molecular complexity index is 787. The molecule has 2 rings (SSSR count). The first-order valence-electron chi connectivity index (χ1n) is 6.79. The SMILES string of the molecule is C[C@@H](Sc1ccc(F)cc1)C(=O)c1ccc(NS(C)(=O)=O)cc1. The molecule has 0 saturated carbocycles. The second kappa shape index (κ2) is 7.14. The number of benzene rings is 2. The molecule has 0 aliphatic rings. The van der Waals surface area contributed by atoms with Gasteiger partial charge in [-0.25, -0.2) is 12.8 Å². The number of sulfonamides is 1. The summed E-state index contributed by atoms with van der Waals surface area (Å²) in [5, 5.41) is -0.339. The number of hydrogen-bond donors (Lipinski definition) is 1. The van der Waals surface area contributed by atoms with Crippen LogP contribution in [0.5, 0.6) is 0 Å². The van der Waals surface area contributed by atoms with Crippen molar-refractivity contribution >= 4 is 33.3 Å². The summed E-state index contributed by atoms with van der Waals surface area (Å²) in [5.41, 5.74) is 0.897. The Hall–Kier alpha value is -1.86. The minimum atomic E-state index is -3.34. The minimum Gasteiger partial charge on any atom is -0.293 e. The van der Waals surface area contributed by atoms with Crippen LogP contribution in [0.1, 0.15) is 17.3 Å². The zero-order chi connectivity index (χ0) is 17.0. The number of rotatable bonds is 6. The number of carbonyl (C=O) groups is 1. The molecule has 0 aliphatic heterocycles.